The summed E-state index contributed by atoms with van der Waals surface area (Å²) in [6.45, 7) is 2.33. The van der Waals surface area contributed by atoms with Gasteiger partial charge in [0.1, 0.15) is 0 Å². The summed E-state index contributed by atoms with van der Waals surface area (Å²) in [7, 11) is 1.78. The van der Waals surface area contributed by atoms with Crippen LogP contribution in [0.3, 0.4) is 0 Å². The topological polar surface area (TPSA) is 69.7 Å². The Morgan fingerprint density at radius 3 is 2.16 bits per heavy atom. The summed E-state index contributed by atoms with van der Waals surface area (Å²) < 4.78 is 0. The van der Waals surface area contributed by atoms with Gasteiger partial charge in [0.05, 0.1) is 10.0 Å². The minimum Gasteiger partial charge on any atom is -0.338 e. The predicted octanol–water partition coefficient (Wildman–Crippen LogP) is 7.01. The van der Waals surface area contributed by atoms with Crippen molar-refractivity contribution in [3.05, 3.63) is 98.5 Å². The van der Waals surface area contributed by atoms with Gasteiger partial charge in [-0.3, -0.25) is 9.59 Å². The van der Waals surface area contributed by atoms with Gasteiger partial charge in [0, 0.05) is 53.9 Å². The highest BCUT2D eigenvalue weighted by Gasteiger charge is 2.37. The van der Waals surface area contributed by atoms with Crippen molar-refractivity contribution in [3.8, 4) is 0 Å². The number of hydrogen-bond donors (Lipinski definition) is 1. The first kappa shape index (κ1) is 27.0. The molecule has 0 aromatic heterocycles. The Kier molecular flexibility index (Phi) is 8.42. The van der Waals surface area contributed by atoms with Crippen LogP contribution in [0.25, 0.3) is 0 Å². The maximum atomic E-state index is 13.3. The van der Waals surface area contributed by atoms with Crippen molar-refractivity contribution in [1.82, 2.24) is 9.80 Å². The van der Waals surface area contributed by atoms with Gasteiger partial charge >= 0.3 is 6.03 Å². The van der Waals surface area contributed by atoms with Gasteiger partial charge in [-0.25, -0.2) is 4.79 Å². The van der Waals surface area contributed by atoms with E-state index in [9.17, 15) is 14.4 Å². The van der Waals surface area contributed by atoms with Crippen LogP contribution in [0.5, 0.6) is 0 Å². The summed E-state index contributed by atoms with van der Waals surface area (Å²) in [5.41, 5.74) is 2.59. The van der Waals surface area contributed by atoms with E-state index >= 15 is 0 Å². The van der Waals surface area contributed by atoms with Crippen LogP contribution in [0.15, 0.2) is 66.7 Å². The summed E-state index contributed by atoms with van der Waals surface area (Å²) in [4.78, 5) is 41.4. The number of likely N-dealkylation sites (tertiary alicyclic amines) is 1. The fourth-order valence-electron chi connectivity index (χ4n) is 4.60. The highest BCUT2D eigenvalue weighted by molar-refractivity contribution is 6.42. The number of benzene rings is 3. The Balaban J connectivity index is 1.56. The highest BCUT2D eigenvalue weighted by Crippen LogP contribution is 2.35. The molecule has 37 heavy (non-hydrogen) atoms. The molecular formula is C28H26Cl3N3O3. The number of nitrogens with zero attached hydrogens (tertiary/aromatic N) is 2. The number of Topliss-reactive ketones (excluding diaryl/α,β-unsaturated/α-hetero) is 1. The Bertz CT molecular complexity index is 1310. The number of anilines is 1. The Labute approximate surface area is 231 Å². The molecule has 3 amide bonds. The van der Waals surface area contributed by atoms with E-state index in [0.29, 0.717) is 51.4 Å². The lowest BCUT2D eigenvalue weighted by Crippen LogP contribution is -2.52. The van der Waals surface area contributed by atoms with Crippen molar-refractivity contribution in [1.29, 1.82) is 0 Å². The fraction of sp³-hybridized carbons (Fsp3) is 0.250. The second-order valence-electron chi connectivity index (χ2n) is 9.07. The summed E-state index contributed by atoms with van der Waals surface area (Å²) in [5, 5.41) is 4.31. The van der Waals surface area contributed by atoms with E-state index in [1.54, 1.807) is 77.5 Å². The third-order valence-corrected chi connectivity index (χ3v) is 7.68. The lowest BCUT2D eigenvalue weighted by atomic mass is 9.85. The molecule has 4 rings (SSSR count). The van der Waals surface area contributed by atoms with Gasteiger partial charge < -0.3 is 15.1 Å². The Hall–Kier alpha value is -3.06. The van der Waals surface area contributed by atoms with Gasteiger partial charge in [-0.1, -0.05) is 40.9 Å². The number of nitrogens with one attached hydrogen (secondary N) is 1. The molecule has 1 N–H and O–H groups in total. The first-order chi connectivity index (χ1) is 17.6. The number of halogens is 3. The molecule has 3 aromatic rings. The van der Waals surface area contributed by atoms with Crippen molar-refractivity contribution in [2.75, 3.05) is 25.5 Å². The van der Waals surface area contributed by atoms with Gasteiger partial charge in [0.2, 0.25) is 0 Å². The number of carbonyl (C=O) groups excluding carboxylic acids is 3. The SMILES string of the molecule is CC(=O)c1ccc(NC(=O)N2CCC(N(C)C(=O)c3ccc(Cl)cc3)C(c3ccc(Cl)c(Cl)c3)C2)cc1. The van der Waals surface area contributed by atoms with E-state index in [2.05, 4.69) is 5.32 Å². The zero-order valence-electron chi connectivity index (χ0n) is 20.4. The van der Waals surface area contributed by atoms with Crippen molar-refractivity contribution in [3.63, 3.8) is 0 Å². The summed E-state index contributed by atoms with van der Waals surface area (Å²) in [6.07, 6.45) is 0.567. The van der Waals surface area contributed by atoms with Crippen LogP contribution in [0.1, 0.15) is 45.5 Å². The van der Waals surface area contributed by atoms with E-state index in [-0.39, 0.29) is 29.7 Å². The number of piperidine rings is 1. The average Bonchev–Trinajstić information content (AvgIpc) is 2.90. The lowest BCUT2D eigenvalue weighted by molar-refractivity contribution is 0.0627. The largest absolute Gasteiger partial charge is 0.338 e. The lowest BCUT2D eigenvalue weighted by Gasteiger charge is -2.43. The minimum atomic E-state index is -0.259. The fourth-order valence-corrected chi connectivity index (χ4v) is 5.03. The highest BCUT2D eigenvalue weighted by atomic mass is 35.5. The molecule has 0 radical (unpaired) electrons. The summed E-state index contributed by atoms with van der Waals surface area (Å²) >= 11 is 18.5. The molecule has 2 atom stereocenters. The maximum Gasteiger partial charge on any atom is 0.321 e. The van der Waals surface area contributed by atoms with Crippen LogP contribution in [-0.4, -0.2) is 53.7 Å². The van der Waals surface area contributed by atoms with E-state index in [1.807, 2.05) is 6.07 Å². The first-order valence-electron chi connectivity index (χ1n) is 11.8. The third-order valence-electron chi connectivity index (χ3n) is 6.69. The molecule has 3 aromatic carbocycles. The predicted molar refractivity (Wildman–Crippen MR) is 148 cm³/mol. The number of rotatable bonds is 5. The standard InChI is InChI=1S/C28H26Cl3N3O3/c1-17(35)18-5-10-22(11-6-18)32-28(37)34-14-13-26(23(16-34)20-7-12-24(30)25(31)15-20)33(2)27(36)19-3-8-21(29)9-4-19/h3-12,15,23,26H,13-14,16H2,1-2H3,(H,32,37). The number of amides is 3. The average molecular weight is 559 g/mol. The van der Waals surface area contributed by atoms with Crippen LogP contribution in [0, 0.1) is 0 Å². The molecule has 1 aliphatic heterocycles. The zero-order chi connectivity index (χ0) is 26.7. The summed E-state index contributed by atoms with van der Waals surface area (Å²) in [6, 6.07) is 18.5. The molecule has 1 fully saturated rings. The number of carbonyl (C=O) groups is 3. The molecule has 2 unspecified atom stereocenters. The van der Waals surface area contributed by atoms with Gasteiger partial charge in [0.25, 0.3) is 5.91 Å². The van der Waals surface area contributed by atoms with Crippen molar-refractivity contribution < 1.29 is 14.4 Å². The van der Waals surface area contributed by atoms with Crippen LogP contribution in [-0.2, 0) is 0 Å². The Morgan fingerprint density at radius 2 is 1.54 bits per heavy atom. The normalized spacial score (nSPS) is 17.3. The molecule has 0 saturated carbocycles. The van der Waals surface area contributed by atoms with Gasteiger partial charge in [-0.15, -0.1) is 0 Å². The van der Waals surface area contributed by atoms with Crippen molar-refractivity contribution in [2.45, 2.75) is 25.3 Å². The van der Waals surface area contributed by atoms with Crippen LogP contribution in [0.4, 0.5) is 10.5 Å². The van der Waals surface area contributed by atoms with E-state index in [4.69, 9.17) is 34.8 Å². The molecular weight excluding hydrogens is 533 g/mol. The van der Waals surface area contributed by atoms with E-state index in [0.717, 1.165) is 5.56 Å². The van der Waals surface area contributed by atoms with Crippen molar-refractivity contribution in [2.24, 2.45) is 0 Å². The molecule has 192 valence electrons. The molecule has 0 bridgehead atoms. The van der Waals surface area contributed by atoms with Gasteiger partial charge in [-0.05, 0) is 79.6 Å². The van der Waals surface area contributed by atoms with Crippen LogP contribution >= 0.6 is 34.8 Å². The van der Waals surface area contributed by atoms with Gasteiger partial charge in [0.15, 0.2) is 5.78 Å². The quantitative estimate of drug-likeness (QED) is 0.342. The maximum absolute atomic E-state index is 13.3. The van der Waals surface area contributed by atoms with Crippen LogP contribution < -0.4 is 5.32 Å². The Morgan fingerprint density at radius 1 is 0.892 bits per heavy atom. The monoisotopic (exact) mass is 557 g/mol. The molecule has 1 heterocycles. The molecule has 1 aliphatic rings. The first-order valence-corrected chi connectivity index (χ1v) is 12.9. The molecule has 1 saturated heterocycles. The number of urea groups is 1. The van der Waals surface area contributed by atoms with E-state index < -0.39 is 0 Å². The molecule has 0 aliphatic carbocycles. The molecule has 6 nitrogen and oxygen atoms in total. The van der Waals surface area contributed by atoms with Crippen molar-refractivity contribution >= 4 is 58.2 Å². The minimum absolute atomic E-state index is 0.0401. The van der Waals surface area contributed by atoms with Gasteiger partial charge in [-0.2, -0.15) is 0 Å². The van der Waals surface area contributed by atoms with E-state index in [1.165, 1.54) is 6.92 Å². The number of hydrogen-bond acceptors (Lipinski definition) is 3. The third kappa shape index (κ3) is 6.27. The summed E-state index contributed by atoms with van der Waals surface area (Å²) in [5.74, 6) is -0.368. The smallest absolute Gasteiger partial charge is 0.321 e. The second kappa shape index (κ2) is 11.5. The number of ketones is 1. The molecule has 0 spiro atoms. The second-order valence-corrected chi connectivity index (χ2v) is 10.3. The molecule has 9 heteroatoms. The van der Waals surface area contributed by atoms with Crippen LogP contribution in [0.2, 0.25) is 15.1 Å². The number of likely N-dealkylation sites (N-methyl/N-ethyl adjacent to an activating group) is 1. The zero-order valence-corrected chi connectivity index (χ0v) is 22.6.